The third kappa shape index (κ3) is 7.39. The van der Waals surface area contributed by atoms with Crippen molar-refractivity contribution in [2.75, 3.05) is 36.0 Å². The quantitative estimate of drug-likeness (QED) is 0.227. The molecular weight excluding hydrogens is 575 g/mol. The highest BCUT2D eigenvalue weighted by molar-refractivity contribution is 6.03. The SMILES string of the molecule is Cc1cc(F)cc(-c2cnc3ccc(-c4ccccc4N(CCNC(=O)OC(C)(C)C)C(=O)O)cc3c2N2CCC(=O)CC2)c1. The zero-order chi connectivity index (χ0) is 32.3. The number of halogens is 1. The van der Waals surface area contributed by atoms with Crippen molar-refractivity contribution < 1.29 is 28.6 Å². The third-order valence-corrected chi connectivity index (χ3v) is 7.57. The molecule has 1 aromatic heterocycles. The Balaban J connectivity index is 1.58. The van der Waals surface area contributed by atoms with Gasteiger partial charge in [0.25, 0.3) is 0 Å². The van der Waals surface area contributed by atoms with Crippen molar-refractivity contribution in [3.05, 3.63) is 78.2 Å². The first-order valence-corrected chi connectivity index (χ1v) is 14.9. The van der Waals surface area contributed by atoms with Gasteiger partial charge in [0.05, 0.1) is 16.9 Å². The molecule has 3 aromatic carbocycles. The van der Waals surface area contributed by atoms with Gasteiger partial charge in [-0.25, -0.2) is 14.0 Å². The predicted molar refractivity (Wildman–Crippen MR) is 173 cm³/mol. The fourth-order valence-corrected chi connectivity index (χ4v) is 5.63. The molecule has 1 fully saturated rings. The normalized spacial score (nSPS) is 13.5. The molecule has 0 unspecified atom stereocenters. The zero-order valence-electron chi connectivity index (χ0n) is 25.9. The van der Waals surface area contributed by atoms with Crippen LogP contribution in [0.25, 0.3) is 33.2 Å². The molecule has 1 saturated heterocycles. The number of anilines is 2. The van der Waals surface area contributed by atoms with Crippen LogP contribution in [-0.2, 0) is 9.53 Å². The maximum absolute atomic E-state index is 14.6. The van der Waals surface area contributed by atoms with Crippen LogP contribution in [0.3, 0.4) is 0 Å². The average molecular weight is 613 g/mol. The van der Waals surface area contributed by atoms with E-state index < -0.39 is 17.8 Å². The lowest BCUT2D eigenvalue weighted by Crippen LogP contribution is -2.40. The summed E-state index contributed by atoms with van der Waals surface area (Å²) >= 11 is 0. The minimum absolute atomic E-state index is 0.00312. The average Bonchev–Trinajstić information content (AvgIpc) is 2.97. The number of hydrogen-bond donors (Lipinski definition) is 2. The highest BCUT2D eigenvalue weighted by Crippen LogP contribution is 2.41. The molecule has 0 atom stereocenters. The fourth-order valence-electron chi connectivity index (χ4n) is 5.63. The van der Waals surface area contributed by atoms with E-state index in [1.807, 2.05) is 43.3 Å². The third-order valence-electron chi connectivity index (χ3n) is 7.57. The summed E-state index contributed by atoms with van der Waals surface area (Å²) in [7, 11) is 0. The van der Waals surface area contributed by atoms with Gasteiger partial charge >= 0.3 is 12.2 Å². The Morgan fingerprint density at radius 2 is 1.76 bits per heavy atom. The van der Waals surface area contributed by atoms with Crippen molar-refractivity contribution in [1.29, 1.82) is 0 Å². The van der Waals surface area contributed by atoms with Gasteiger partial charge in [-0.2, -0.15) is 0 Å². The molecule has 0 spiro atoms. The second kappa shape index (κ2) is 12.9. The minimum Gasteiger partial charge on any atom is -0.465 e. The van der Waals surface area contributed by atoms with E-state index in [4.69, 9.17) is 9.72 Å². The van der Waals surface area contributed by atoms with Crippen LogP contribution in [0.4, 0.5) is 25.4 Å². The number of piperidine rings is 1. The molecule has 10 heteroatoms. The summed E-state index contributed by atoms with van der Waals surface area (Å²) in [6.45, 7) is 8.20. The molecule has 234 valence electrons. The van der Waals surface area contributed by atoms with Gasteiger partial charge in [0, 0.05) is 61.7 Å². The van der Waals surface area contributed by atoms with Crippen LogP contribution >= 0.6 is 0 Å². The summed E-state index contributed by atoms with van der Waals surface area (Å²) in [5, 5.41) is 13.6. The fraction of sp³-hybridized carbons (Fsp3) is 0.314. The van der Waals surface area contributed by atoms with Crippen molar-refractivity contribution in [2.24, 2.45) is 0 Å². The van der Waals surface area contributed by atoms with E-state index in [-0.39, 0.29) is 24.7 Å². The van der Waals surface area contributed by atoms with Gasteiger partial charge < -0.3 is 20.1 Å². The highest BCUT2D eigenvalue weighted by atomic mass is 19.1. The number of amides is 2. The number of fused-ring (bicyclic) bond motifs is 1. The number of aryl methyl sites for hydroxylation is 1. The summed E-state index contributed by atoms with van der Waals surface area (Å²) < 4.78 is 19.8. The molecule has 9 nitrogen and oxygen atoms in total. The Morgan fingerprint density at radius 3 is 2.44 bits per heavy atom. The number of pyridine rings is 1. The second-order valence-corrected chi connectivity index (χ2v) is 12.2. The van der Waals surface area contributed by atoms with E-state index in [0.717, 1.165) is 33.3 Å². The van der Waals surface area contributed by atoms with E-state index in [1.54, 1.807) is 39.1 Å². The molecule has 2 amide bonds. The smallest absolute Gasteiger partial charge is 0.411 e. The van der Waals surface area contributed by atoms with Crippen molar-refractivity contribution in [1.82, 2.24) is 10.3 Å². The van der Waals surface area contributed by atoms with Crippen molar-refractivity contribution in [2.45, 2.75) is 46.1 Å². The van der Waals surface area contributed by atoms with E-state index >= 15 is 0 Å². The van der Waals surface area contributed by atoms with Crippen molar-refractivity contribution in [3.8, 4) is 22.3 Å². The lowest BCUT2D eigenvalue weighted by molar-refractivity contribution is -0.119. The number of ketones is 1. The number of nitrogens with zero attached hydrogens (tertiary/aromatic N) is 3. The number of Topliss-reactive ketones (excluding diaryl/α,β-unsaturated/α-hetero) is 1. The van der Waals surface area contributed by atoms with Crippen molar-refractivity contribution >= 4 is 40.2 Å². The van der Waals surface area contributed by atoms with E-state index in [0.29, 0.717) is 42.7 Å². The maximum Gasteiger partial charge on any atom is 0.411 e. The van der Waals surface area contributed by atoms with Crippen LogP contribution in [0.15, 0.2) is 66.9 Å². The lowest BCUT2D eigenvalue weighted by atomic mass is 9.95. The van der Waals surface area contributed by atoms with E-state index in [9.17, 15) is 23.9 Å². The molecule has 0 bridgehead atoms. The molecule has 1 aliphatic rings. The summed E-state index contributed by atoms with van der Waals surface area (Å²) in [6, 6.07) is 17.8. The number of alkyl carbamates (subject to hydrolysis) is 1. The number of hydrogen-bond acceptors (Lipinski definition) is 6. The number of ether oxygens (including phenoxy) is 1. The van der Waals surface area contributed by atoms with Crippen LogP contribution in [0, 0.1) is 12.7 Å². The predicted octanol–water partition coefficient (Wildman–Crippen LogP) is 7.19. The molecule has 0 radical (unpaired) electrons. The Labute approximate surface area is 261 Å². The maximum atomic E-state index is 14.6. The molecule has 1 aliphatic heterocycles. The van der Waals surface area contributed by atoms with Gasteiger partial charge in [-0.1, -0.05) is 30.3 Å². The van der Waals surface area contributed by atoms with Gasteiger partial charge in [0.2, 0.25) is 0 Å². The second-order valence-electron chi connectivity index (χ2n) is 12.2. The molecule has 4 aromatic rings. The van der Waals surface area contributed by atoms with Gasteiger partial charge in [-0.15, -0.1) is 0 Å². The van der Waals surface area contributed by atoms with Gasteiger partial charge in [0.15, 0.2) is 0 Å². The number of benzene rings is 3. The number of carbonyl (C=O) groups is 3. The van der Waals surface area contributed by atoms with Gasteiger partial charge in [-0.05, 0) is 74.7 Å². The zero-order valence-corrected chi connectivity index (χ0v) is 25.9. The number of rotatable bonds is 7. The Bertz CT molecular complexity index is 1740. The van der Waals surface area contributed by atoms with Gasteiger partial charge in [-0.3, -0.25) is 14.7 Å². The number of aromatic nitrogens is 1. The first kappa shape index (κ1) is 31.4. The summed E-state index contributed by atoms with van der Waals surface area (Å²) in [4.78, 5) is 44.8. The van der Waals surface area contributed by atoms with Crippen LogP contribution in [-0.4, -0.2) is 59.8 Å². The summed E-state index contributed by atoms with van der Waals surface area (Å²) in [5.41, 5.74) is 5.00. The number of carboxylic acid groups (broad SMARTS) is 1. The monoisotopic (exact) mass is 612 g/mol. The van der Waals surface area contributed by atoms with E-state index in [2.05, 4.69) is 10.2 Å². The van der Waals surface area contributed by atoms with Gasteiger partial charge in [0.1, 0.15) is 17.2 Å². The Morgan fingerprint density at radius 1 is 1.02 bits per heavy atom. The largest absolute Gasteiger partial charge is 0.465 e. The molecule has 0 saturated carbocycles. The van der Waals surface area contributed by atoms with Crippen LogP contribution < -0.4 is 15.1 Å². The number of carbonyl (C=O) groups excluding carboxylic acids is 2. The Hall–Kier alpha value is -4.99. The van der Waals surface area contributed by atoms with Crippen LogP contribution in [0.5, 0.6) is 0 Å². The van der Waals surface area contributed by atoms with Crippen molar-refractivity contribution in [3.63, 3.8) is 0 Å². The minimum atomic E-state index is -1.17. The first-order valence-electron chi connectivity index (χ1n) is 14.9. The number of para-hydroxylation sites is 1. The molecule has 2 N–H and O–H groups in total. The van der Waals surface area contributed by atoms with E-state index in [1.165, 1.54) is 17.0 Å². The molecule has 5 rings (SSSR count). The molecule has 45 heavy (non-hydrogen) atoms. The highest BCUT2D eigenvalue weighted by Gasteiger charge is 2.24. The lowest BCUT2D eigenvalue weighted by Gasteiger charge is -2.31. The number of nitrogens with one attached hydrogen (secondary N) is 1. The van der Waals surface area contributed by atoms with Crippen LogP contribution in [0.1, 0.15) is 39.2 Å². The first-order chi connectivity index (χ1) is 21.4. The Kier molecular flexibility index (Phi) is 9.04. The van der Waals surface area contributed by atoms with Crippen LogP contribution in [0.2, 0.25) is 0 Å². The summed E-state index contributed by atoms with van der Waals surface area (Å²) in [5.74, 6) is -0.139. The topological polar surface area (TPSA) is 112 Å². The molecule has 2 heterocycles. The molecular formula is C35H37FN4O5. The standard InChI is InChI=1S/C35H37FN4O5/c1-22-17-24(19-25(36)18-22)29-21-38-30-10-9-23(20-28(30)32(29)39-14-11-26(41)12-15-39)27-7-5-6-8-31(27)40(34(43)44)16-13-37-33(42)45-35(2,3)4/h5-10,17-21H,11-16H2,1-4H3,(H,37,42)(H,43,44). The summed E-state index contributed by atoms with van der Waals surface area (Å²) in [6.07, 6.45) is 0.787. The molecule has 0 aliphatic carbocycles.